The average Bonchev–Trinajstić information content (AvgIpc) is 3.52. The van der Waals surface area contributed by atoms with Gasteiger partial charge in [-0.15, -0.1) is 5.10 Å². The maximum absolute atomic E-state index is 13.4. The lowest BCUT2D eigenvalue weighted by atomic mass is 10.1. The van der Waals surface area contributed by atoms with Gasteiger partial charge in [-0.05, 0) is 67.8 Å². The second kappa shape index (κ2) is 12.0. The van der Waals surface area contributed by atoms with Crippen molar-refractivity contribution >= 4 is 34.3 Å². The topological polar surface area (TPSA) is 116 Å². The monoisotopic (exact) mass is 560 g/mol. The van der Waals surface area contributed by atoms with E-state index in [9.17, 15) is 14.9 Å². The Balaban J connectivity index is 1.19. The summed E-state index contributed by atoms with van der Waals surface area (Å²) in [5.41, 5.74) is 3.45. The highest BCUT2D eigenvalue weighted by Crippen LogP contribution is 2.28. The molecule has 0 radical (unpaired) electrons. The lowest BCUT2D eigenvalue weighted by Gasteiger charge is -2.29. The Kier molecular flexibility index (Phi) is 7.67. The SMILES string of the molecule is O=C(/C=C/c1cc2ccccc2nc1N1CCCCC1)c1ccccc1OCc1cn(-c2ccc([N+](=O)[O-])cc2)nn1. The van der Waals surface area contributed by atoms with Crippen LogP contribution in [0.2, 0.25) is 0 Å². The van der Waals surface area contributed by atoms with E-state index >= 15 is 0 Å². The number of nitrogens with zero attached hydrogens (tertiary/aromatic N) is 6. The number of rotatable bonds is 9. The molecule has 210 valence electrons. The van der Waals surface area contributed by atoms with Crippen molar-refractivity contribution < 1.29 is 14.5 Å². The minimum absolute atomic E-state index is 0.00246. The smallest absolute Gasteiger partial charge is 0.269 e. The number of carbonyl (C=O) groups is 1. The molecule has 0 amide bonds. The first-order chi connectivity index (χ1) is 20.5. The number of ether oxygens (including phenoxy) is 1. The molecule has 0 N–H and O–H groups in total. The number of anilines is 1. The number of aromatic nitrogens is 4. The number of hydrogen-bond donors (Lipinski definition) is 0. The summed E-state index contributed by atoms with van der Waals surface area (Å²) in [5, 5.41) is 20.2. The lowest BCUT2D eigenvalue weighted by Crippen LogP contribution is -2.30. The van der Waals surface area contributed by atoms with E-state index in [0.29, 0.717) is 22.7 Å². The number of pyridine rings is 1. The van der Waals surface area contributed by atoms with Crippen LogP contribution in [0.15, 0.2) is 91.1 Å². The number of piperidine rings is 1. The van der Waals surface area contributed by atoms with E-state index in [-0.39, 0.29) is 18.1 Å². The summed E-state index contributed by atoms with van der Waals surface area (Å²) in [6, 6.07) is 23.2. The van der Waals surface area contributed by atoms with Crippen molar-refractivity contribution in [3.63, 3.8) is 0 Å². The molecule has 10 heteroatoms. The Bertz CT molecular complexity index is 1770. The first-order valence-corrected chi connectivity index (χ1v) is 13.8. The van der Waals surface area contributed by atoms with Gasteiger partial charge in [-0.2, -0.15) is 0 Å². The van der Waals surface area contributed by atoms with Gasteiger partial charge in [0.25, 0.3) is 5.69 Å². The van der Waals surface area contributed by atoms with Gasteiger partial charge in [-0.1, -0.05) is 35.5 Å². The van der Waals surface area contributed by atoms with Crippen LogP contribution >= 0.6 is 0 Å². The van der Waals surface area contributed by atoms with Crippen LogP contribution in [-0.4, -0.2) is 43.8 Å². The molecular formula is C32H28N6O4. The number of allylic oxidation sites excluding steroid dienone is 1. The van der Waals surface area contributed by atoms with Crippen molar-refractivity contribution in [2.45, 2.75) is 25.9 Å². The summed E-state index contributed by atoms with van der Waals surface area (Å²) in [4.78, 5) is 31.1. The minimum Gasteiger partial charge on any atom is -0.486 e. The quantitative estimate of drug-likeness (QED) is 0.0907. The number of nitro benzene ring substituents is 1. The van der Waals surface area contributed by atoms with Gasteiger partial charge in [0.05, 0.1) is 27.9 Å². The maximum Gasteiger partial charge on any atom is 0.269 e. The molecule has 1 fully saturated rings. The standard InChI is InChI=1S/C32H28N6O4/c39-30(17-12-24-20-23-8-2-4-10-29(23)33-32(24)36-18-6-1-7-19-36)28-9-3-5-11-31(28)42-22-25-21-37(35-34-25)26-13-15-27(16-14-26)38(40)41/h2-5,8-17,20-21H,1,6-7,18-19,22H2/b17-12+. The van der Waals surface area contributed by atoms with Crippen LogP contribution in [0.1, 0.15) is 40.9 Å². The van der Waals surface area contributed by atoms with Crippen molar-refractivity contribution in [3.8, 4) is 11.4 Å². The van der Waals surface area contributed by atoms with E-state index in [0.717, 1.165) is 48.2 Å². The fourth-order valence-corrected chi connectivity index (χ4v) is 5.02. The highest BCUT2D eigenvalue weighted by molar-refractivity contribution is 6.09. The van der Waals surface area contributed by atoms with Gasteiger partial charge < -0.3 is 9.64 Å². The molecule has 0 atom stereocenters. The predicted molar refractivity (Wildman–Crippen MR) is 160 cm³/mol. The summed E-state index contributed by atoms with van der Waals surface area (Å²) >= 11 is 0. The largest absolute Gasteiger partial charge is 0.486 e. The highest BCUT2D eigenvalue weighted by Gasteiger charge is 2.17. The Morgan fingerprint density at radius 3 is 2.55 bits per heavy atom. The summed E-state index contributed by atoms with van der Waals surface area (Å²) in [6.07, 6.45) is 8.58. The molecule has 1 aliphatic rings. The Hall–Kier alpha value is -5.38. The lowest BCUT2D eigenvalue weighted by molar-refractivity contribution is -0.384. The molecule has 2 aromatic heterocycles. The zero-order valence-electron chi connectivity index (χ0n) is 22.8. The second-order valence-corrected chi connectivity index (χ2v) is 10.1. The van der Waals surface area contributed by atoms with Gasteiger partial charge in [0.15, 0.2) is 5.78 Å². The molecule has 0 spiro atoms. The normalized spacial score (nSPS) is 13.5. The molecule has 42 heavy (non-hydrogen) atoms. The van der Waals surface area contributed by atoms with Gasteiger partial charge in [-0.3, -0.25) is 14.9 Å². The number of nitro groups is 1. The Morgan fingerprint density at radius 2 is 1.74 bits per heavy atom. The van der Waals surface area contributed by atoms with Crippen molar-refractivity contribution in [1.82, 2.24) is 20.0 Å². The van der Waals surface area contributed by atoms with Gasteiger partial charge in [-0.25, -0.2) is 9.67 Å². The molecule has 3 heterocycles. The summed E-state index contributed by atoms with van der Waals surface area (Å²) in [5.74, 6) is 1.15. The summed E-state index contributed by atoms with van der Waals surface area (Å²) in [6.45, 7) is 1.99. The average molecular weight is 561 g/mol. The molecule has 1 aliphatic heterocycles. The van der Waals surface area contributed by atoms with Crippen LogP contribution in [0.5, 0.6) is 5.75 Å². The minimum atomic E-state index is -0.454. The molecule has 0 unspecified atom stereocenters. The zero-order chi connectivity index (χ0) is 28.9. The third-order valence-corrected chi connectivity index (χ3v) is 7.20. The maximum atomic E-state index is 13.4. The van der Waals surface area contributed by atoms with Gasteiger partial charge in [0, 0.05) is 36.2 Å². The van der Waals surface area contributed by atoms with Crippen LogP contribution in [0.3, 0.4) is 0 Å². The predicted octanol–water partition coefficient (Wildman–Crippen LogP) is 6.19. The van der Waals surface area contributed by atoms with Crippen LogP contribution in [-0.2, 0) is 6.61 Å². The number of para-hydroxylation sites is 2. The molecule has 1 saturated heterocycles. The number of non-ortho nitro benzene ring substituents is 1. The van der Waals surface area contributed by atoms with Crippen molar-refractivity contribution in [3.05, 3.63) is 118 Å². The van der Waals surface area contributed by atoms with Gasteiger partial charge in [0.1, 0.15) is 23.9 Å². The number of hydrogen-bond acceptors (Lipinski definition) is 8. The molecular weight excluding hydrogens is 532 g/mol. The van der Waals surface area contributed by atoms with E-state index in [1.807, 2.05) is 36.4 Å². The molecule has 5 aromatic rings. The van der Waals surface area contributed by atoms with E-state index < -0.39 is 4.92 Å². The fraction of sp³-hybridized carbons (Fsp3) is 0.188. The summed E-state index contributed by atoms with van der Waals surface area (Å²) in [7, 11) is 0. The van der Waals surface area contributed by atoms with Crippen LogP contribution in [0.25, 0.3) is 22.7 Å². The number of carbonyl (C=O) groups excluding carboxylic acids is 1. The number of benzene rings is 3. The van der Waals surface area contributed by atoms with Gasteiger partial charge >= 0.3 is 0 Å². The third-order valence-electron chi connectivity index (χ3n) is 7.20. The van der Waals surface area contributed by atoms with Crippen LogP contribution in [0, 0.1) is 10.1 Å². The second-order valence-electron chi connectivity index (χ2n) is 10.1. The molecule has 0 aliphatic carbocycles. The molecule has 0 bridgehead atoms. The fourth-order valence-electron chi connectivity index (χ4n) is 5.02. The third kappa shape index (κ3) is 5.87. The Morgan fingerprint density at radius 1 is 0.976 bits per heavy atom. The molecule has 6 rings (SSSR count). The van der Waals surface area contributed by atoms with E-state index in [2.05, 4.69) is 21.3 Å². The molecule has 0 saturated carbocycles. The first kappa shape index (κ1) is 26.8. The number of ketones is 1. The molecule has 3 aromatic carbocycles. The van der Waals surface area contributed by atoms with E-state index in [4.69, 9.17) is 9.72 Å². The first-order valence-electron chi connectivity index (χ1n) is 13.8. The van der Waals surface area contributed by atoms with Crippen molar-refractivity contribution in [2.75, 3.05) is 18.0 Å². The van der Waals surface area contributed by atoms with Crippen molar-refractivity contribution in [1.29, 1.82) is 0 Å². The van der Waals surface area contributed by atoms with Crippen LogP contribution < -0.4 is 9.64 Å². The highest BCUT2D eigenvalue weighted by atomic mass is 16.6. The van der Waals surface area contributed by atoms with E-state index in [1.54, 1.807) is 42.6 Å². The zero-order valence-corrected chi connectivity index (χ0v) is 22.8. The number of fused-ring (bicyclic) bond motifs is 1. The Labute approximate surface area is 242 Å². The summed E-state index contributed by atoms with van der Waals surface area (Å²) < 4.78 is 7.51. The van der Waals surface area contributed by atoms with Crippen molar-refractivity contribution in [2.24, 2.45) is 0 Å². The van der Waals surface area contributed by atoms with Crippen LogP contribution in [0.4, 0.5) is 11.5 Å². The van der Waals surface area contributed by atoms with E-state index in [1.165, 1.54) is 23.2 Å². The molecule has 10 nitrogen and oxygen atoms in total. The van der Waals surface area contributed by atoms with Gasteiger partial charge in [0.2, 0.25) is 0 Å².